The molecule has 0 bridgehead atoms. The Morgan fingerprint density at radius 1 is 1.00 bits per heavy atom. The van der Waals surface area contributed by atoms with Crippen LogP contribution in [0.1, 0.15) is 118 Å². The lowest BCUT2D eigenvalue weighted by atomic mass is 9.46. The summed E-state index contributed by atoms with van der Waals surface area (Å²) in [4.78, 5) is 42.1. The number of amides is 2. The molecule has 1 aliphatic heterocycles. The van der Waals surface area contributed by atoms with E-state index in [4.69, 9.17) is 4.84 Å². The van der Waals surface area contributed by atoms with Gasteiger partial charge in [-0.3, -0.25) is 9.59 Å². The van der Waals surface area contributed by atoms with Crippen molar-refractivity contribution in [2.45, 2.75) is 118 Å². The third-order valence-corrected chi connectivity index (χ3v) is 11.8. The summed E-state index contributed by atoms with van der Waals surface area (Å²) in [5, 5.41) is 0.712. The first-order chi connectivity index (χ1) is 17.5. The van der Waals surface area contributed by atoms with E-state index in [2.05, 4.69) is 40.7 Å². The molecule has 206 valence electrons. The summed E-state index contributed by atoms with van der Waals surface area (Å²) in [5.74, 6) is 3.35. The fraction of sp³-hybridized carbons (Fsp3) is 0.844. The molecule has 4 fully saturated rings. The van der Waals surface area contributed by atoms with Crippen molar-refractivity contribution in [3.63, 3.8) is 0 Å². The molecule has 2 amide bonds. The molecule has 0 aromatic carbocycles. The van der Waals surface area contributed by atoms with Gasteiger partial charge in [-0.1, -0.05) is 65.5 Å². The Morgan fingerprint density at radius 2 is 1.73 bits per heavy atom. The summed E-state index contributed by atoms with van der Waals surface area (Å²) in [6.45, 7) is 12.3. The molecule has 8 atom stereocenters. The fourth-order valence-electron chi connectivity index (χ4n) is 9.71. The monoisotopic (exact) mass is 511 g/mol. The quantitative estimate of drug-likeness (QED) is 0.267. The Bertz CT molecular complexity index is 938. The van der Waals surface area contributed by atoms with E-state index in [1.807, 2.05) is 0 Å². The second-order valence-corrected chi connectivity index (χ2v) is 14.2. The predicted molar refractivity (Wildman–Crippen MR) is 144 cm³/mol. The highest BCUT2D eigenvalue weighted by atomic mass is 16.7. The van der Waals surface area contributed by atoms with Crippen LogP contribution >= 0.6 is 0 Å². The highest BCUT2D eigenvalue weighted by Gasteiger charge is 2.59. The van der Waals surface area contributed by atoms with E-state index in [-0.39, 0.29) is 24.2 Å². The van der Waals surface area contributed by atoms with E-state index in [0.717, 1.165) is 48.9 Å². The van der Waals surface area contributed by atoms with E-state index < -0.39 is 17.8 Å². The highest BCUT2D eigenvalue weighted by Crippen LogP contribution is 2.67. The van der Waals surface area contributed by atoms with Crippen molar-refractivity contribution in [1.82, 2.24) is 5.06 Å². The lowest BCUT2D eigenvalue weighted by molar-refractivity contribution is -0.201. The zero-order valence-electron chi connectivity index (χ0n) is 23.9. The number of hydroxylamine groups is 2. The van der Waals surface area contributed by atoms with E-state index in [9.17, 15) is 14.4 Å². The fourth-order valence-corrected chi connectivity index (χ4v) is 9.71. The first kappa shape index (κ1) is 26.9. The van der Waals surface area contributed by atoms with Crippen molar-refractivity contribution < 1.29 is 19.2 Å². The summed E-state index contributed by atoms with van der Waals surface area (Å²) >= 11 is 0. The van der Waals surface area contributed by atoms with Crippen LogP contribution in [0.4, 0.5) is 0 Å². The Balaban J connectivity index is 1.25. The van der Waals surface area contributed by atoms with Crippen LogP contribution in [-0.2, 0) is 19.2 Å². The molecule has 1 heterocycles. The summed E-state index contributed by atoms with van der Waals surface area (Å²) in [5.41, 5.74) is 2.08. The average Bonchev–Trinajstić information content (AvgIpc) is 3.37. The SMILES string of the molecule is CC(C)CCC[C@@H](C)[C@H]1CC[C@H]2[C@@H]3CC=C4C[C@@H](C(=O)ON5C(=O)CCC5=O)CC[C@]4(C)[C@H]3CC[C@]12C. The van der Waals surface area contributed by atoms with Crippen LogP contribution in [0, 0.1) is 52.3 Å². The van der Waals surface area contributed by atoms with Gasteiger partial charge in [-0.25, -0.2) is 4.79 Å². The summed E-state index contributed by atoms with van der Waals surface area (Å²) < 4.78 is 0. The van der Waals surface area contributed by atoms with Gasteiger partial charge in [0.2, 0.25) is 0 Å². The maximum absolute atomic E-state index is 12.9. The van der Waals surface area contributed by atoms with E-state index >= 15 is 0 Å². The van der Waals surface area contributed by atoms with Crippen LogP contribution in [0.5, 0.6) is 0 Å². The topological polar surface area (TPSA) is 63.7 Å². The van der Waals surface area contributed by atoms with Gasteiger partial charge >= 0.3 is 5.97 Å². The molecule has 0 spiro atoms. The zero-order chi connectivity index (χ0) is 26.5. The molecule has 5 heteroatoms. The molecule has 0 radical (unpaired) electrons. The van der Waals surface area contributed by atoms with E-state index in [1.54, 1.807) is 0 Å². The van der Waals surface area contributed by atoms with Crippen molar-refractivity contribution >= 4 is 17.8 Å². The summed E-state index contributed by atoms with van der Waals surface area (Å²) in [6.07, 6.45) is 16.0. The first-order valence-corrected chi connectivity index (χ1v) is 15.3. The smallest absolute Gasteiger partial charge is 0.330 e. The van der Waals surface area contributed by atoms with Crippen LogP contribution in [0.25, 0.3) is 0 Å². The standard InChI is InChI=1S/C32H49NO4/c1-20(2)7-6-8-21(3)25-11-12-26-24-10-9-23-19-22(30(36)37-33-28(34)13-14-29(33)35)15-17-31(23,4)27(24)16-18-32(25,26)5/h9,20-22,24-27H,6-8,10-19H2,1-5H3/t21-,22+,24+,25-,26+,27+,31+,32-/m1/s1. The molecule has 3 saturated carbocycles. The number of carbonyl (C=O) groups is 3. The Morgan fingerprint density at radius 3 is 2.43 bits per heavy atom. The van der Waals surface area contributed by atoms with Crippen LogP contribution in [0.2, 0.25) is 0 Å². The summed E-state index contributed by atoms with van der Waals surface area (Å²) in [6, 6.07) is 0. The molecule has 5 aliphatic rings. The molecule has 5 nitrogen and oxygen atoms in total. The number of rotatable bonds is 7. The summed E-state index contributed by atoms with van der Waals surface area (Å²) in [7, 11) is 0. The third kappa shape index (κ3) is 4.71. The van der Waals surface area contributed by atoms with Gasteiger partial charge in [0.05, 0.1) is 5.92 Å². The van der Waals surface area contributed by atoms with Crippen molar-refractivity contribution in [2.24, 2.45) is 52.3 Å². The number of hydrogen-bond donors (Lipinski definition) is 0. The maximum atomic E-state index is 12.9. The largest absolute Gasteiger partial charge is 0.336 e. The number of carbonyl (C=O) groups excluding carboxylic acids is 3. The Hall–Kier alpha value is -1.65. The van der Waals surface area contributed by atoms with Gasteiger partial charge < -0.3 is 4.84 Å². The molecular formula is C32H49NO4. The van der Waals surface area contributed by atoms with Gasteiger partial charge in [0, 0.05) is 12.8 Å². The Kier molecular flexibility index (Phi) is 7.39. The molecular weight excluding hydrogens is 462 g/mol. The first-order valence-electron chi connectivity index (χ1n) is 15.3. The van der Waals surface area contributed by atoms with Crippen LogP contribution < -0.4 is 0 Å². The van der Waals surface area contributed by atoms with E-state index in [0.29, 0.717) is 22.8 Å². The molecule has 37 heavy (non-hydrogen) atoms. The third-order valence-electron chi connectivity index (χ3n) is 11.8. The second kappa shape index (κ2) is 10.2. The van der Waals surface area contributed by atoms with Gasteiger partial charge in [-0.05, 0) is 97.7 Å². The molecule has 1 saturated heterocycles. The second-order valence-electron chi connectivity index (χ2n) is 14.2. The molecule has 0 aromatic rings. The number of nitrogens with zero attached hydrogens (tertiary/aromatic N) is 1. The lowest BCUT2D eigenvalue weighted by Gasteiger charge is -2.58. The van der Waals surface area contributed by atoms with E-state index in [1.165, 1.54) is 50.5 Å². The van der Waals surface area contributed by atoms with Gasteiger partial charge in [0.15, 0.2) is 0 Å². The average molecular weight is 512 g/mol. The predicted octanol–water partition coefficient (Wildman–Crippen LogP) is 7.25. The minimum atomic E-state index is -0.407. The van der Waals surface area contributed by atoms with Crippen molar-refractivity contribution in [2.75, 3.05) is 0 Å². The molecule has 4 aliphatic carbocycles. The minimum Gasteiger partial charge on any atom is -0.330 e. The molecule has 0 aromatic heterocycles. The molecule has 0 unspecified atom stereocenters. The van der Waals surface area contributed by atoms with Crippen molar-refractivity contribution in [1.29, 1.82) is 0 Å². The zero-order valence-corrected chi connectivity index (χ0v) is 23.9. The molecule has 5 rings (SSSR count). The lowest BCUT2D eigenvalue weighted by Crippen LogP contribution is -2.51. The normalized spacial score (nSPS) is 40.2. The van der Waals surface area contributed by atoms with Crippen molar-refractivity contribution in [3.8, 4) is 0 Å². The number of fused-ring (bicyclic) bond motifs is 5. The minimum absolute atomic E-state index is 0.140. The van der Waals surface area contributed by atoms with Crippen molar-refractivity contribution in [3.05, 3.63) is 11.6 Å². The highest BCUT2D eigenvalue weighted by molar-refractivity contribution is 6.01. The van der Waals surface area contributed by atoms with Crippen LogP contribution in [0.15, 0.2) is 11.6 Å². The number of hydrogen-bond acceptors (Lipinski definition) is 4. The van der Waals surface area contributed by atoms with Gasteiger partial charge in [0.1, 0.15) is 0 Å². The number of imide groups is 1. The van der Waals surface area contributed by atoms with Crippen LogP contribution in [0.3, 0.4) is 0 Å². The maximum Gasteiger partial charge on any atom is 0.336 e. The number of allylic oxidation sites excluding steroid dienone is 2. The molecule has 0 N–H and O–H groups in total. The van der Waals surface area contributed by atoms with Gasteiger partial charge in [-0.2, -0.15) is 0 Å². The Labute approximate surface area is 224 Å². The van der Waals surface area contributed by atoms with Gasteiger partial charge in [0.25, 0.3) is 11.8 Å². The van der Waals surface area contributed by atoms with Crippen LogP contribution in [-0.4, -0.2) is 22.8 Å². The van der Waals surface area contributed by atoms with Gasteiger partial charge in [-0.15, -0.1) is 5.06 Å².